The van der Waals surface area contributed by atoms with Crippen LogP contribution in [0.5, 0.6) is 0 Å². The summed E-state index contributed by atoms with van der Waals surface area (Å²) in [5.74, 6) is -0.0775. The van der Waals surface area contributed by atoms with Crippen LogP contribution < -0.4 is 5.32 Å². The SMILES string of the molecule is CC(=O)N1C=Cc2ccccc2C1CC(=O)NCCCN(C)C. The molecule has 1 atom stereocenters. The highest BCUT2D eigenvalue weighted by molar-refractivity contribution is 5.81. The Hall–Kier alpha value is -2.14. The summed E-state index contributed by atoms with van der Waals surface area (Å²) in [4.78, 5) is 27.9. The normalized spacial score (nSPS) is 16.3. The van der Waals surface area contributed by atoms with Crippen LogP contribution in [0, 0.1) is 0 Å². The molecule has 0 spiro atoms. The molecule has 1 aliphatic rings. The summed E-state index contributed by atoms with van der Waals surface area (Å²) < 4.78 is 0. The molecular formula is C18H25N3O2. The summed E-state index contributed by atoms with van der Waals surface area (Å²) in [6.07, 6.45) is 4.89. The largest absolute Gasteiger partial charge is 0.356 e. The summed E-state index contributed by atoms with van der Waals surface area (Å²) in [5.41, 5.74) is 2.09. The van der Waals surface area contributed by atoms with Crippen molar-refractivity contribution in [2.75, 3.05) is 27.2 Å². The van der Waals surface area contributed by atoms with E-state index in [1.807, 2.05) is 44.4 Å². The molecule has 1 unspecified atom stereocenters. The molecule has 1 heterocycles. The zero-order valence-corrected chi connectivity index (χ0v) is 14.1. The molecular weight excluding hydrogens is 290 g/mol. The van der Waals surface area contributed by atoms with Gasteiger partial charge in [-0.1, -0.05) is 24.3 Å². The number of fused-ring (bicyclic) bond motifs is 1. The lowest BCUT2D eigenvalue weighted by Crippen LogP contribution is -2.35. The average molecular weight is 315 g/mol. The maximum absolute atomic E-state index is 12.2. The zero-order chi connectivity index (χ0) is 16.8. The van der Waals surface area contributed by atoms with Gasteiger partial charge in [0.15, 0.2) is 0 Å². The van der Waals surface area contributed by atoms with Crippen molar-refractivity contribution in [3.8, 4) is 0 Å². The third kappa shape index (κ3) is 4.66. The van der Waals surface area contributed by atoms with Crippen LogP contribution in [-0.2, 0) is 9.59 Å². The monoisotopic (exact) mass is 315 g/mol. The van der Waals surface area contributed by atoms with E-state index in [4.69, 9.17) is 0 Å². The molecule has 2 amide bonds. The van der Waals surface area contributed by atoms with Crippen molar-refractivity contribution in [3.05, 3.63) is 41.6 Å². The first-order valence-electron chi connectivity index (χ1n) is 7.96. The van der Waals surface area contributed by atoms with Crippen molar-refractivity contribution < 1.29 is 9.59 Å². The molecule has 1 aromatic rings. The molecule has 2 rings (SSSR count). The van der Waals surface area contributed by atoms with Gasteiger partial charge in [-0.25, -0.2) is 0 Å². The Balaban J connectivity index is 2.02. The molecule has 23 heavy (non-hydrogen) atoms. The fourth-order valence-electron chi connectivity index (χ4n) is 2.78. The Morgan fingerprint density at radius 1 is 1.26 bits per heavy atom. The van der Waals surface area contributed by atoms with Crippen molar-refractivity contribution in [2.45, 2.75) is 25.8 Å². The summed E-state index contributed by atoms with van der Waals surface area (Å²) in [5, 5.41) is 2.95. The van der Waals surface area contributed by atoms with Crippen LogP contribution in [0.4, 0.5) is 0 Å². The van der Waals surface area contributed by atoms with E-state index in [1.54, 1.807) is 11.1 Å². The molecule has 5 nitrogen and oxygen atoms in total. The number of nitrogens with zero attached hydrogens (tertiary/aromatic N) is 2. The summed E-state index contributed by atoms with van der Waals surface area (Å²) in [6, 6.07) is 7.66. The quantitative estimate of drug-likeness (QED) is 0.817. The highest BCUT2D eigenvalue weighted by atomic mass is 16.2. The van der Waals surface area contributed by atoms with Crippen molar-refractivity contribution in [3.63, 3.8) is 0 Å². The van der Waals surface area contributed by atoms with Gasteiger partial charge in [0.2, 0.25) is 11.8 Å². The van der Waals surface area contributed by atoms with Crippen LogP contribution in [0.15, 0.2) is 30.5 Å². The van der Waals surface area contributed by atoms with E-state index < -0.39 is 0 Å². The Labute approximate surface area is 138 Å². The van der Waals surface area contributed by atoms with Gasteiger partial charge in [0.1, 0.15) is 0 Å². The van der Waals surface area contributed by atoms with Gasteiger partial charge in [-0.3, -0.25) is 9.59 Å². The third-order valence-corrected chi connectivity index (χ3v) is 3.95. The van der Waals surface area contributed by atoms with Gasteiger partial charge >= 0.3 is 0 Å². The molecule has 0 aromatic heterocycles. The topological polar surface area (TPSA) is 52.7 Å². The molecule has 0 radical (unpaired) electrons. The van der Waals surface area contributed by atoms with E-state index in [-0.39, 0.29) is 24.3 Å². The number of carbonyl (C=O) groups is 2. The highest BCUT2D eigenvalue weighted by Crippen LogP contribution is 2.32. The number of hydrogen-bond donors (Lipinski definition) is 1. The molecule has 0 aliphatic carbocycles. The van der Waals surface area contributed by atoms with Crippen LogP contribution in [0.25, 0.3) is 6.08 Å². The minimum Gasteiger partial charge on any atom is -0.356 e. The second-order valence-corrected chi connectivity index (χ2v) is 6.10. The maximum Gasteiger partial charge on any atom is 0.223 e. The first-order valence-corrected chi connectivity index (χ1v) is 7.96. The van der Waals surface area contributed by atoms with Crippen molar-refractivity contribution in [1.82, 2.24) is 15.1 Å². The Morgan fingerprint density at radius 3 is 2.70 bits per heavy atom. The van der Waals surface area contributed by atoms with Crippen molar-refractivity contribution in [1.29, 1.82) is 0 Å². The number of benzene rings is 1. The summed E-state index contributed by atoms with van der Waals surface area (Å²) in [6.45, 7) is 3.12. The van der Waals surface area contributed by atoms with Crippen LogP contribution in [0.2, 0.25) is 0 Å². The molecule has 0 saturated carbocycles. The molecule has 0 bridgehead atoms. The van der Waals surface area contributed by atoms with E-state index in [0.29, 0.717) is 6.54 Å². The van der Waals surface area contributed by atoms with Gasteiger partial charge in [-0.15, -0.1) is 0 Å². The fourth-order valence-corrected chi connectivity index (χ4v) is 2.78. The van der Waals surface area contributed by atoms with Crippen molar-refractivity contribution >= 4 is 17.9 Å². The predicted octanol–water partition coefficient (Wildman–Crippen LogP) is 2.02. The molecule has 124 valence electrons. The number of carbonyl (C=O) groups excluding carboxylic acids is 2. The van der Waals surface area contributed by atoms with Crippen molar-refractivity contribution in [2.24, 2.45) is 0 Å². The van der Waals surface area contributed by atoms with Crippen LogP contribution >= 0.6 is 0 Å². The standard InChI is InChI=1S/C18H25N3O2/c1-14(22)21-12-9-15-7-4-5-8-16(15)17(21)13-18(23)19-10-6-11-20(2)3/h4-5,7-9,12,17H,6,10-11,13H2,1-3H3,(H,19,23). The minimum atomic E-state index is -0.234. The zero-order valence-electron chi connectivity index (χ0n) is 14.1. The van der Waals surface area contributed by atoms with E-state index in [9.17, 15) is 9.59 Å². The lowest BCUT2D eigenvalue weighted by atomic mass is 9.93. The lowest BCUT2D eigenvalue weighted by Gasteiger charge is -2.32. The van der Waals surface area contributed by atoms with E-state index in [0.717, 1.165) is 24.1 Å². The molecule has 5 heteroatoms. The van der Waals surface area contributed by atoms with Crippen LogP contribution in [-0.4, -0.2) is 48.8 Å². The Morgan fingerprint density at radius 2 is 2.00 bits per heavy atom. The number of amides is 2. The minimum absolute atomic E-state index is 0.0230. The lowest BCUT2D eigenvalue weighted by molar-refractivity contribution is -0.129. The highest BCUT2D eigenvalue weighted by Gasteiger charge is 2.27. The molecule has 1 N–H and O–H groups in total. The number of nitrogens with one attached hydrogen (secondary N) is 1. The smallest absolute Gasteiger partial charge is 0.223 e. The average Bonchev–Trinajstić information content (AvgIpc) is 2.51. The molecule has 0 saturated heterocycles. The van der Waals surface area contributed by atoms with Crippen LogP contribution in [0.1, 0.15) is 36.9 Å². The summed E-state index contributed by atoms with van der Waals surface area (Å²) in [7, 11) is 4.02. The van der Waals surface area contributed by atoms with E-state index in [2.05, 4.69) is 10.2 Å². The maximum atomic E-state index is 12.2. The van der Waals surface area contributed by atoms with Crippen LogP contribution in [0.3, 0.4) is 0 Å². The molecule has 1 aromatic carbocycles. The number of hydrogen-bond acceptors (Lipinski definition) is 3. The van der Waals surface area contributed by atoms with E-state index in [1.165, 1.54) is 6.92 Å². The van der Waals surface area contributed by atoms with Gasteiger partial charge in [0.25, 0.3) is 0 Å². The summed E-state index contributed by atoms with van der Waals surface area (Å²) >= 11 is 0. The second kappa shape index (κ2) is 7.92. The molecule has 0 fully saturated rings. The van der Waals surface area contributed by atoms with Gasteiger partial charge in [-0.2, -0.15) is 0 Å². The fraction of sp³-hybridized carbons (Fsp3) is 0.444. The molecule has 1 aliphatic heterocycles. The first kappa shape index (κ1) is 17.2. The van der Waals surface area contributed by atoms with Gasteiger partial charge in [-0.05, 0) is 44.3 Å². The Bertz CT molecular complexity index is 596. The van der Waals surface area contributed by atoms with Gasteiger partial charge in [0.05, 0.1) is 12.5 Å². The van der Waals surface area contributed by atoms with E-state index >= 15 is 0 Å². The Kier molecular flexibility index (Phi) is 5.93. The predicted molar refractivity (Wildman–Crippen MR) is 91.5 cm³/mol. The van der Waals surface area contributed by atoms with Gasteiger partial charge in [0, 0.05) is 19.7 Å². The third-order valence-electron chi connectivity index (χ3n) is 3.95. The van der Waals surface area contributed by atoms with Gasteiger partial charge < -0.3 is 15.1 Å². The number of rotatable bonds is 6. The first-order chi connectivity index (χ1) is 11.0. The second-order valence-electron chi connectivity index (χ2n) is 6.10.